The maximum atomic E-state index is 11.3. The molecule has 0 amide bonds. The minimum absolute atomic E-state index is 0.218. The lowest BCUT2D eigenvalue weighted by Gasteiger charge is -2.10. The van der Waals surface area contributed by atoms with Crippen LogP contribution in [0, 0.1) is 11.3 Å². The van der Waals surface area contributed by atoms with Crippen LogP contribution < -0.4 is 5.43 Å². The van der Waals surface area contributed by atoms with E-state index in [1.54, 1.807) is 24.3 Å². The van der Waals surface area contributed by atoms with Crippen molar-refractivity contribution in [3.63, 3.8) is 0 Å². The maximum absolute atomic E-state index is 11.3. The average Bonchev–Trinajstić information content (AvgIpc) is 2.35. The largest absolute Gasteiger partial charge is 0.507 e. The lowest BCUT2D eigenvalue weighted by atomic mass is 10.00. The van der Waals surface area contributed by atoms with Crippen molar-refractivity contribution in [1.82, 2.24) is 0 Å². The standard InChI is InChI=1S/C14H7NO3/c15-7-10-9-3-1-2-4-12(9)18-13-6-8(16)5-11(17)14(10)13/h1-6,17H. The molecule has 0 fully saturated rings. The van der Waals surface area contributed by atoms with Gasteiger partial charge in [0.1, 0.15) is 23.2 Å². The zero-order valence-electron chi connectivity index (χ0n) is 9.18. The van der Waals surface area contributed by atoms with Gasteiger partial charge in [0.2, 0.25) is 0 Å². The molecule has 0 aromatic heterocycles. The van der Waals surface area contributed by atoms with Crippen molar-refractivity contribution in [2.75, 3.05) is 0 Å². The second-order valence-electron chi connectivity index (χ2n) is 3.90. The van der Waals surface area contributed by atoms with Gasteiger partial charge in [-0.1, -0.05) is 12.1 Å². The highest BCUT2D eigenvalue weighted by Crippen LogP contribution is 2.37. The van der Waals surface area contributed by atoms with E-state index in [0.717, 1.165) is 6.07 Å². The van der Waals surface area contributed by atoms with Crippen LogP contribution in [0.25, 0.3) is 22.3 Å². The Morgan fingerprint density at radius 2 is 2.00 bits per heavy atom. The van der Waals surface area contributed by atoms with E-state index in [2.05, 4.69) is 6.07 Å². The van der Waals surface area contributed by atoms with Gasteiger partial charge in [-0.15, -0.1) is 0 Å². The van der Waals surface area contributed by atoms with Crippen LogP contribution in [0.2, 0.25) is 0 Å². The zero-order chi connectivity index (χ0) is 12.7. The number of nitrogens with zero attached hydrogens (tertiary/aromatic N) is 1. The zero-order valence-corrected chi connectivity index (χ0v) is 9.18. The Hall–Kier alpha value is -2.80. The van der Waals surface area contributed by atoms with E-state index < -0.39 is 0 Å². The number of phenolic OH excluding ortho intramolecular Hbond substituents is 1. The first-order valence-corrected chi connectivity index (χ1v) is 5.29. The number of aromatic hydroxyl groups is 1. The SMILES string of the molecule is N#Cc1c2c(O)cc(=O)cc-2oc2ccccc12. The highest BCUT2D eigenvalue weighted by atomic mass is 16.3. The molecule has 0 saturated carbocycles. The molecule has 1 aromatic carbocycles. The molecule has 2 aliphatic rings. The molecular formula is C14H7NO3. The van der Waals surface area contributed by atoms with E-state index in [1.807, 2.05) is 0 Å². The number of hydrogen-bond acceptors (Lipinski definition) is 4. The fraction of sp³-hybridized carbons (Fsp3) is 0. The van der Waals surface area contributed by atoms with Gasteiger partial charge >= 0.3 is 0 Å². The van der Waals surface area contributed by atoms with Crippen molar-refractivity contribution in [2.45, 2.75) is 0 Å². The summed E-state index contributed by atoms with van der Waals surface area (Å²) < 4.78 is 5.54. The number of para-hydroxylation sites is 1. The monoisotopic (exact) mass is 237 g/mol. The lowest BCUT2D eigenvalue weighted by Crippen LogP contribution is -2.00. The minimum Gasteiger partial charge on any atom is -0.507 e. The van der Waals surface area contributed by atoms with Crippen molar-refractivity contribution in [2.24, 2.45) is 0 Å². The molecule has 4 heteroatoms. The van der Waals surface area contributed by atoms with Crippen LogP contribution in [0.3, 0.4) is 0 Å². The van der Waals surface area contributed by atoms with Crippen LogP contribution in [-0.2, 0) is 0 Å². The summed E-state index contributed by atoms with van der Waals surface area (Å²) in [6.45, 7) is 0. The van der Waals surface area contributed by atoms with Crippen molar-refractivity contribution < 1.29 is 9.52 Å². The van der Waals surface area contributed by atoms with Crippen LogP contribution in [0.15, 0.2) is 45.6 Å². The van der Waals surface area contributed by atoms with Gasteiger partial charge in [-0.25, -0.2) is 0 Å². The Balaban J connectivity index is 2.64. The van der Waals surface area contributed by atoms with Crippen LogP contribution in [0.5, 0.6) is 5.75 Å². The molecule has 18 heavy (non-hydrogen) atoms. The molecule has 1 aromatic rings. The van der Waals surface area contributed by atoms with Gasteiger partial charge in [0.15, 0.2) is 5.43 Å². The average molecular weight is 237 g/mol. The van der Waals surface area contributed by atoms with Gasteiger partial charge in [0.25, 0.3) is 0 Å². The van der Waals surface area contributed by atoms with E-state index in [0.29, 0.717) is 16.5 Å². The van der Waals surface area contributed by atoms with E-state index in [9.17, 15) is 15.2 Å². The fourth-order valence-corrected chi connectivity index (χ4v) is 2.04. The highest BCUT2D eigenvalue weighted by molar-refractivity contribution is 5.92. The Labute approximate surface area is 102 Å². The van der Waals surface area contributed by atoms with Gasteiger partial charge in [-0.05, 0) is 12.1 Å². The summed E-state index contributed by atoms with van der Waals surface area (Å²) >= 11 is 0. The summed E-state index contributed by atoms with van der Waals surface area (Å²) in [6, 6.07) is 11.4. The molecule has 0 saturated heterocycles. The lowest BCUT2D eigenvalue weighted by molar-refractivity contribution is 0.473. The molecule has 1 aliphatic carbocycles. The van der Waals surface area contributed by atoms with Crippen molar-refractivity contribution >= 4 is 11.0 Å². The number of nitriles is 1. The minimum atomic E-state index is -0.358. The molecule has 0 bridgehead atoms. The summed E-state index contributed by atoms with van der Waals surface area (Å²) in [6.07, 6.45) is 0. The Morgan fingerprint density at radius 3 is 2.78 bits per heavy atom. The fourth-order valence-electron chi connectivity index (χ4n) is 2.04. The van der Waals surface area contributed by atoms with E-state index in [1.165, 1.54) is 6.07 Å². The predicted molar refractivity (Wildman–Crippen MR) is 65.5 cm³/mol. The number of rotatable bonds is 0. The third-order valence-corrected chi connectivity index (χ3v) is 2.79. The Bertz CT molecular complexity index is 827. The highest BCUT2D eigenvalue weighted by Gasteiger charge is 2.19. The van der Waals surface area contributed by atoms with Gasteiger partial charge in [-0.3, -0.25) is 4.79 Å². The quantitative estimate of drug-likeness (QED) is 0.609. The Morgan fingerprint density at radius 1 is 1.22 bits per heavy atom. The molecule has 1 aliphatic heterocycles. The van der Waals surface area contributed by atoms with E-state index in [4.69, 9.17) is 4.42 Å². The van der Waals surface area contributed by atoms with Crippen LogP contribution in [0.4, 0.5) is 0 Å². The third-order valence-electron chi connectivity index (χ3n) is 2.79. The predicted octanol–water partition coefficient (Wildman–Crippen LogP) is 2.48. The molecule has 3 rings (SSSR count). The molecule has 86 valence electrons. The third kappa shape index (κ3) is 1.35. The molecule has 4 nitrogen and oxygen atoms in total. The normalized spacial score (nSPS) is 10.6. The van der Waals surface area contributed by atoms with Crippen LogP contribution in [-0.4, -0.2) is 5.11 Å². The topological polar surface area (TPSA) is 74.2 Å². The smallest absolute Gasteiger partial charge is 0.186 e. The summed E-state index contributed by atoms with van der Waals surface area (Å²) in [7, 11) is 0. The van der Waals surface area contributed by atoms with E-state index >= 15 is 0 Å². The van der Waals surface area contributed by atoms with Crippen LogP contribution >= 0.6 is 0 Å². The molecule has 0 spiro atoms. The first-order chi connectivity index (χ1) is 8.70. The summed E-state index contributed by atoms with van der Waals surface area (Å²) in [5.41, 5.74) is 0.731. The van der Waals surface area contributed by atoms with E-state index in [-0.39, 0.29) is 22.5 Å². The van der Waals surface area contributed by atoms with Crippen molar-refractivity contribution in [3.05, 3.63) is 52.2 Å². The molecule has 0 unspecified atom stereocenters. The first-order valence-electron chi connectivity index (χ1n) is 5.29. The molecular weight excluding hydrogens is 230 g/mol. The molecule has 1 N–H and O–H groups in total. The molecule has 0 radical (unpaired) electrons. The van der Waals surface area contributed by atoms with Gasteiger partial charge in [0.05, 0.1) is 11.1 Å². The van der Waals surface area contributed by atoms with Crippen molar-refractivity contribution in [1.29, 1.82) is 5.26 Å². The summed E-state index contributed by atoms with van der Waals surface area (Å²) in [5, 5.41) is 19.7. The van der Waals surface area contributed by atoms with Crippen molar-refractivity contribution in [3.8, 4) is 23.1 Å². The first kappa shape index (κ1) is 10.4. The number of fused-ring (bicyclic) bond motifs is 2. The number of hydrogen-bond donors (Lipinski definition) is 1. The number of phenols is 1. The number of benzene rings is 2. The second kappa shape index (κ2) is 3.60. The van der Waals surface area contributed by atoms with Crippen LogP contribution in [0.1, 0.15) is 5.56 Å². The van der Waals surface area contributed by atoms with Gasteiger partial charge in [0, 0.05) is 17.5 Å². The van der Waals surface area contributed by atoms with Gasteiger partial charge < -0.3 is 9.52 Å². The Kier molecular flexibility index (Phi) is 2.07. The maximum Gasteiger partial charge on any atom is 0.186 e. The molecule has 0 atom stereocenters. The van der Waals surface area contributed by atoms with Gasteiger partial charge in [-0.2, -0.15) is 5.26 Å². The molecule has 1 heterocycles. The second-order valence-corrected chi connectivity index (χ2v) is 3.90. The summed E-state index contributed by atoms with van der Waals surface area (Å²) in [5.74, 6) is -0.0150. The summed E-state index contributed by atoms with van der Waals surface area (Å²) in [4.78, 5) is 11.3.